The van der Waals surface area contributed by atoms with E-state index in [0.717, 1.165) is 25.1 Å². The van der Waals surface area contributed by atoms with Crippen LogP contribution in [-0.4, -0.2) is 18.5 Å². The average molecular weight is 258 g/mol. The fourth-order valence-electron chi connectivity index (χ4n) is 3.19. The maximum absolute atomic E-state index is 12.2. The monoisotopic (exact) mass is 258 g/mol. The molecule has 1 aliphatic carbocycles. The zero-order valence-electron chi connectivity index (χ0n) is 11.5. The maximum Gasteiger partial charge on any atom is 0.241 e. The molecule has 1 amide bonds. The Hall–Kier alpha value is -1.35. The molecule has 2 aliphatic rings. The first-order chi connectivity index (χ1) is 9.22. The van der Waals surface area contributed by atoms with Gasteiger partial charge in [-0.3, -0.25) is 4.79 Å². The van der Waals surface area contributed by atoms with E-state index in [2.05, 4.69) is 29.7 Å². The predicted octanol–water partition coefficient (Wildman–Crippen LogP) is 2.50. The molecule has 2 unspecified atom stereocenters. The van der Waals surface area contributed by atoms with E-state index >= 15 is 0 Å². The summed E-state index contributed by atoms with van der Waals surface area (Å²) in [5.41, 5.74) is 3.80. The molecule has 0 spiro atoms. The Morgan fingerprint density at radius 2 is 2.16 bits per heavy atom. The molecule has 0 radical (unpaired) electrons. The molecule has 0 saturated carbocycles. The van der Waals surface area contributed by atoms with Gasteiger partial charge in [0, 0.05) is 5.69 Å². The van der Waals surface area contributed by atoms with E-state index < -0.39 is 0 Å². The second kappa shape index (κ2) is 5.33. The van der Waals surface area contributed by atoms with Crippen LogP contribution in [0.3, 0.4) is 0 Å². The highest BCUT2D eigenvalue weighted by Crippen LogP contribution is 2.25. The number of fused-ring (bicyclic) bond motifs is 1. The Morgan fingerprint density at radius 3 is 3.00 bits per heavy atom. The Labute approximate surface area is 114 Å². The lowest BCUT2D eigenvalue weighted by molar-refractivity contribution is -0.119. The Kier molecular flexibility index (Phi) is 3.56. The van der Waals surface area contributed by atoms with Gasteiger partial charge in [-0.1, -0.05) is 13.0 Å². The lowest BCUT2D eigenvalue weighted by Gasteiger charge is -2.27. The summed E-state index contributed by atoms with van der Waals surface area (Å²) in [5, 5.41) is 6.37. The fraction of sp³-hybridized carbons (Fsp3) is 0.562. The van der Waals surface area contributed by atoms with Gasteiger partial charge in [0.2, 0.25) is 5.91 Å². The molecule has 1 aromatic carbocycles. The van der Waals surface area contributed by atoms with Crippen LogP contribution in [0.25, 0.3) is 0 Å². The van der Waals surface area contributed by atoms with E-state index in [4.69, 9.17) is 0 Å². The summed E-state index contributed by atoms with van der Waals surface area (Å²) in [4.78, 5) is 12.2. The van der Waals surface area contributed by atoms with Crippen LogP contribution in [-0.2, 0) is 17.6 Å². The molecule has 1 heterocycles. The van der Waals surface area contributed by atoms with Crippen molar-refractivity contribution in [2.45, 2.75) is 45.1 Å². The smallest absolute Gasteiger partial charge is 0.241 e. The molecular formula is C16H22N2O. The van der Waals surface area contributed by atoms with Crippen molar-refractivity contribution in [3.63, 3.8) is 0 Å². The molecular weight excluding hydrogens is 236 g/mol. The number of nitrogens with one attached hydrogen (secondary N) is 2. The third-order valence-corrected chi connectivity index (χ3v) is 4.35. The highest BCUT2D eigenvalue weighted by molar-refractivity contribution is 5.95. The first-order valence-corrected chi connectivity index (χ1v) is 7.38. The van der Waals surface area contributed by atoms with Gasteiger partial charge in [-0.05, 0) is 67.8 Å². The minimum atomic E-state index is -0.0306. The molecule has 2 N–H and O–H groups in total. The standard InChI is InChI=1S/C16H22N2O/c1-11-7-8-17-15(9-11)16(19)18-14-6-5-12-3-2-4-13(12)10-14/h5-6,10-11,15,17H,2-4,7-9H2,1H3,(H,18,19). The second-order valence-electron chi connectivity index (χ2n) is 5.96. The summed E-state index contributed by atoms with van der Waals surface area (Å²) in [7, 11) is 0. The van der Waals surface area contributed by atoms with E-state index in [1.807, 2.05) is 6.07 Å². The van der Waals surface area contributed by atoms with Gasteiger partial charge in [-0.2, -0.15) is 0 Å². The number of amides is 1. The molecule has 3 heteroatoms. The van der Waals surface area contributed by atoms with Crippen LogP contribution in [0.5, 0.6) is 0 Å². The highest BCUT2D eigenvalue weighted by Gasteiger charge is 2.24. The molecule has 0 bridgehead atoms. The molecule has 1 aromatic rings. The molecule has 2 atom stereocenters. The summed E-state index contributed by atoms with van der Waals surface area (Å²) < 4.78 is 0. The van der Waals surface area contributed by atoms with Gasteiger partial charge in [0.1, 0.15) is 0 Å². The van der Waals surface area contributed by atoms with Crippen LogP contribution in [0.2, 0.25) is 0 Å². The minimum Gasteiger partial charge on any atom is -0.325 e. The number of carbonyl (C=O) groups excluding carboxylic acids is 1. The topological polar surface area (TPSA) is 41.1 Å². The summed E-state index contributed by atoms with van der Waals surface area (Å²) in [5.74, 6) is 0.751. The first-order valence-electron chi connectivity index (χ1n) is 7.38. The van der Waals surface area contributed by atoms with Crippen molar-refractivity contribution in [3.05, 3.63) is 29.3 Å². The lowest BCUT2D eigenvalue weighted by Crippen LogP contribution is -2.45. The molecule has 1 saturated heterocycles. The number of piperidine rings is 1. The summed E-state index contributed by atoms with van der Waals surface area (Å²) >= 11 is 0. The van der Waals surface area contributed by atoms with E-state index in [1.54, 1.807) is 0 Å². The Balaban J connectivity index is 1.66. The van der Waals surface area contributed by atoms with E-state index in [9.17, 15) is 4.79 Å². The van der Waals surface area contributed by atoms with Crippen molar-refractivity contribution in [1.29, 1.82) is 0 Å². The van der Waals surface area contributed by atoms with Crippen molar-refractivity contribution in [1.82, 2.24) is 5.32 Å². The van der Waals surface area contributed by atoms with E-state index in [1.165, 1.54) is 30.4 Å². The van der Waals surface area contributed by atoms with Gasteiger partial charge in [-0.15, -0.1) is 0 Å². The van der Waals surface area contributed by atoms with Crippen molar-refractivity contribution >= 4 is 11.6 Å². The summed E-state index contributed by atoms with van der Waals surface area (Å²) in [6.07, 6.45) is 5.69. The third kappa shape index (κ3) is 2.81. The first kappa shape index (κ1) is 12.7. The van der Waals surface area contributed by atoms with Crippen LogP contribution in [0.15, 0.2) is 18.2 Å². The number of aryl methyl sites for hydroxylation is 2. The van der Waals surface area contributed by atoms with Crippen LogP contribution in [0.1, 0.15) is 37.3 Å². The molecule has 102 valence electrons. The average Bonchev–Trinajstić information content (AvgIpc) is 2.86. The summed E-state index contributed by atoms with van der Waals surface area (Å²) in [6.45, 7) is 3.17. The number of carbonyl (C=O) groups is 1. The van der Waals surface area contributed by atoms with Crippen molar-refractivity contribution in [2.75, 3.05) is 11.9 Å². The molecule has 1 aliphatic heterocycles. The third-order valence-electron chi connectivity index (χ3n) is 4.35. The molecule has 0 aromatic heterocycles. The maximum atomic E-state index is 12.2. The van der Waals surface area contributed by atoms with Gasteiger partial charge in [0.05, 0.1) is 6.04 Å². The zero-order chi connectivity index (χ0) is 13.2. The molecule has 3 nitrogen and oxygen atoms in total. The number of anilines is 1. The van der Waals surface area contributed by atoms with Crippen LogP contribution < -0.4 is 10.6 Å². The number of benzene rings is 1. The lowest BCUT2D eigenvalue weighted by atomic mass is 9.94. The quantitative estimate of drug-likeness (QED) is 0.855. The molecule has 1 fully saturated rings. The van der Waals surface area contributed by atoms with E-state index in [0.29, 0.717) is 5.92 Å². The Bertz CT molecular complexity index is 484. The SMILES string of the molecule is CC1CCNC(C(=O)Nc2ccc3c(c2)CCC3)C1. The van der Waals surface area contributed by atoms with Crippen molar-refractivity contribution in [3.8, 4) is 0 Å². The zero-order valence-corrected chi connectivity index (χ0v) is 11.5. The normalized spacial score (nSPS) is 25.9. The van der Waals surface area contributed by atoms with Crippen LogP contribution in [0, 0.1) is 5.92 Å². The largest absolute Gasteiger partial charge is 0.325 e. The van der Waals surface area contributed by atoms with Crippen molar-refractivity contribution in [2.24, 2.45) is 5.92 Å². The molecule has 19 heavy (non-hydrogen) atoms. The minimum absolute atomic E-state index is 0.0306. The van der Waals surface area contributed by atoms with Gasteiger partial charge in [0.25, 0.3) is 0 Å². The second-order valence-corrected chi connectivity index (χ2v) is 5.96. The fourth-order valence-corrected chi connectivity index (χ4v) is 3.19. The van der Waals surface area contributed by atoms with Gasteiger partial charge >= 0.3 is 0 Å². The number of hydrogen-bond donors (Lipinski definition) is 2. The molecule has 3 rings (SSSR count). The van der Waals surface area contributed by atoms with Crippen LogP contribution >= 0.6 is 0 Å². The Morgan fingerprint density at radius 1 is 1.32 bits per heavy atom. The van der Waals surface area contributed by atoms with Gasteiger partial charge in [-0.25, -0.2) is 0 Å². The predicted molar refractivity (Wildman–Crippen MR) is 77.3 cm³/mol. The highest BCUT2D eigenvalue weighted by atomic mass is 16.2. The van der Waals surface area contributed by atoms with Crippen LogP contribution in [0.4, 0.5) is 5.69 Å². The van der Waals surface area contributed by atoms with Gasteiger partial charge < -0.3 is 10.6 Å². The number of hydrogen-bond acceptors (Lipinski definition) is 2. The summed E-state index contributed by atoms with van der Waals surface area (Å²) in [6, 6.07) is 6.31. The number of rotatable bonds is 2. The van der Waals surface area contributed by atoms with E-state index in [-0.39, 0.29) is 11.9 Å². The van der Waals surface area contributed by atoms with Gasteiger partial charge in [0.15, 0.2) is 0 Å². The van der Waals surface area contributed by atoms with Crippen molar-refractivity contribution < 1.29 is 4.79 Å².